The molecule has 1 radical (unpaired) electrons. The van der Waals surface area contributed by atoms with E-state index in [-0.39, 0.29) is 18.6 Å². The van der Waals surface area contributed by atoms with Crippen molar-refractivity contribution in [3.8, 4) is 0 Å². The summed E-state index contributed by atoms with van der Waals surface area (Å²) in [6.07, 6.45) is -7.84. The Morgan fingerprint density at radius 2 is 1.50 bits per heavy atom. The second-order valence-electron chi connectivity index (χ2n) is 2.51. The van der Waals surface area contributed by atoms with Gasteiger partial charge >= 0.3 is 5.97 Å². The number of aliphatic hydroxyl groups is 5. The van der Waals surface area contributed by atoms with Crippen molar-refractivity contribution in [2.75, 3.05) is 6.61 Å². The van der Waals surface area contributed by atoms with Crippen LogP contribution in [0.2, 0.25) is 0 Å². The maximum Gasteiger partial charge on any atom is 0.335 e. The van der Waals surface area contributed by atoms with Gasteiger partial charge in [0, 0.05) is 18.6 Å². The zero-order valence-corrected chi connectivity index (χ0v) is 8.45. The zero-order chi connectivity index (χ0) is 10.6. The van der Waals surface area contributed by atoms with E-state index in [1.54, 1.807) is 0 Å². The van der Waals surface area contributed by atoms with Crippen molar-refractivity contribution in [3.05, 3.63) is 0 Å². The fraction of sp³-hybridized carbons (Fsp3) is 0.833. The maximum absolute atomic E-state index is 10.1. The molecule has 83 valence electrons. The summed E-state index contributed by atoms with van der Waals surface area (Å²) in [4.78, 5) is 10.1. The summed E-state index contributed by atoms with van der Waals surface area (Å²) >= 11 is 0. The van der Waals surface area contributed by atoms with Crippen molar-refractivity contribution < 1.29 is 54.0 Å². The Balaban J connectivity index is 0. The van der Waals surface area contributed by atoms with Gasteiger partial charge in [0.05, 0.1) is 6.61 Å². The molecule has 0 spiro atoms. The summed E-state index contributed by atoms with van der Waals surface area (Å²) in [5.74, 6) is -1.73. The maximum atomic E-state index is 10.1. The molecule has 0 unspecified atom stereocenters. The number of rotatable bonds is 5. The van der Waals surface area contributed by atoms with E-state index in [1.807, 2.05) is 0 Å². The molecule has 6 N–H and O–H groups in total. The predicted molar refractivity (Wildman–Crippen MR) is 38.7 cm³/mol. The molecule has 7 nitrogen and oxygen atoms in total. The van der Waals surface area contributed by atoms with Gasteiger partial charge < -0.3 is 30.6 Å². The van der Waals surface area contributed by atoms with Gasteiger partial charge in [-0.3, -0.25) is 0 Å². The van der Waals surface area contributed by atoms with E-state index in [0.717, 1.165) is 0 Å². The number of carboxylic acid groups (broad SMARTS) is 1. The number of carbonyl (C=O) groups is 1. The summed E-state index contributed by atoms with van der Waals surface area (Å²) in [6.45, 7) is -0.843. The molecular weight excluding hydrogens is 235 g/mol. The molecule has 0 aromatic carbocycles. The van der Waals surface area contributed by atoms with Gasteiger partial charge in [-0.15, -0.1) is 0 Å². The Hall–Kier alpha value is -0.146. The van der Waals surface area contributed by atoms with Gasteiger partial charge in [-0.25, -0.2) is 4.79 Å². The van der Waals surface area contributed by atoms with Crippen molar-refractivity contribution >= 4 is 5.97 Å². The van der Waals surface area contributed by atoms with Gasteiger partial charge in [-0.2, -0.15) is 0 Å². The molecule has 0 fully saturated rings. The van der Waals surface area contributed by atoms with Gasteiger partial charge in [-0.1, -0.05) is 0 Å². The Morgan fingerprint density at radius 1 is 1.07 bits per heavy atom. The van der Waals surface area contributed by atoms with Gasteiger partial charge in [-0.05, 0) is 0 Å². The van der Waals surface area contributed by atoms with Gasteiger partial charge in [0.25, 0.3) is 0 Å². The van der Waals surface area contributed by atoms with E-state index < -0.39 is 37.0 Å². The zero-order valence-electron chi connectivity index (χ0n) is 7.06. The molecule has 0 heterocycles. The van der Waals surface area contributed by atoms with Crippen LogP contribution in [0, 0.1) is 0 Å². The SMILES string of the molecule is O=C(O)[C@@H](O)[C@@H](O)[C@@H](O)[C@H](O)CO.[V]. The van der Waals surface area contributed by atoms with Gasteiger partial charge in [0.1, 0.15) is 18.3 Å². The second-order valence-corrected chi connectivity index (χ2v) is 2.51. The summed E-state index contributed by atoms with van der Waals surface area (Å²) in [5, 5.41) is 51.8. The van der Waals surface area contributed by atoms with Crippen LogP contribution in [0.15, 0.2) is 0 Å². The third-order valence-electron chi connectivity index (χ3n) is 1.51. The molecule has 8 heteroatoms. The largest absolute Gasteiger partial charge is 0.479 e. The minimum absolute atomic E-state index is 0. The van der Waals surface area contributed by atoms with Crippen molar-refractivity contribution in [1.29, 1.82) is 0 Å². The summed E-state index contributed by atoms with van der Waals surface area (Å²) in [6, 6.07) is 0. The molecule has 0 aromatic heterocycles. The summed E-state index contributed by atoms with van der Waals surface area (Å²) in [7, 11) is 0. The normalized spacial score (nSPS) is 18.9. The molecule has 0 aliphatic carbocycles. The summed E-state index contributed by atoms with van der Waals surface area (Å²) < 4.78 is 0. The molecule has 0 saturated heterocycles. The quantitative estimate of drug-likeness (QED) is 0.296. The molecule has 0 amide bonds. The van der Waals surface area contributed by atoms with Crippen LogP contribution in [0.4, 0.5) is 0 Å². The number of hydrogen-bond donors (Lipinski definition) is 6. The molecule has 0 aromatic rings. The minimum atomic E-state index is -2.20. The smallest absolute Gasteiger partial charge is 0.335 e. The first-order valence-corrected chi connectivity index (χ1v) is 3.47. The van der Waals surface area contributed by atoms with Crippen molar-refractivity contribution in [3.63, 3.8) is 0 Å². The molecule has 4 atom stereocenters. The van der Waals surface area contributed by atoms with E-state index in [0.29, 0.717) is 0 Å². The Morgan fingerprint density at radius 3 is 1.79 bits per heavy atom. The average Bonchev–Trinajstić information content (AvgIpc) is 2.12. The first-order chi connectivity index (χ1) is 5.91. The first kappa shape index (κ1) is 16.3. The van der Waals surface area contributed by atoms with E-state index in [4.69, 9.17) is 30.6 Å². The third-order valence-corrected chi connectivity index (χ3v) is 1.51. The van der Waals surface area contributed by atoms with Crippen LogP contribution in [0.1, 0.15) is 0 Å². The van der Waals surface area contributed by atoms with Crippen LogP contribution >= 0.6 is 0 Å². The Bertz CT molecular complexity index is 176. The molecule has 0 rings (SSSR count). The third kappa shape index (κ3) is 4.38. The number of hydrogen-bond acceptors (Lipinski definition) is 6. The Kier molecular flexibility index (Phi) is 8.36. The van der Waals surface area contributed by atoms with Crippen LogP contribution in [-0.4, -0.2) is 67.6 Å². The number of carboxylic acids is 1. The van der Waals surface area contributed by atoms with Crippen molar-refractivity contribution in [2.24, 2.45) is 0 Å². The van der Waals surface area contributed by atoms with E-state index in [1.165, 1.54) is 0 Å². The van der Waals surface area contributed by atoms with Crippen LogP contribution in [0.25, 0.3) is 0 Å². The van der Waals surface area contributed by atoms with Crippen molar-refractivity contribution in [2.45, 2.75) is 24.4 Å². The van der Waals surface area contributed by atoms with Crippen molar-refractivity contribution in [1.82, 2.24) is 0 Å². The van der Waals surface area contributed by atoms with Gasteiger partial charge in [0.15, 0.2) is 6.10 Å². The molecule has 0 bridgehead atoms. The van der Waals surface area contributed by atoms with Crippen LogP contribution in [-0.2, 0) is 23.4 Å². The standard InChI is InChI=1S/C6H12O7.V/c7-1-2(8)3(9)4(10)5(11)6(12)13;/h2-5,7-11H,1H2,(H,12,13);/t2-,3+,4+,5+;/m1./s1. The van der Waals surface area contributed by atoms with E-state index in [9.17, 15) is 4.79 Å². The van der Waals surface area contributed by atoms with Crippen LogP contribution < -0.4 is 0 Å². The molecule has 0 aliphatic rings. The molecular formula is C6H12O7V. The van der Waals surface area contributed by atoms with Crippen LogP contribution in [0.5, 0.6) is 0 Å². The fourth-order valence-corrected chi connectivity index (χ4v) is 0.668. The Labute approximate surface area is 91.5 Å². The summed E-state index contributed by atoms with van der Waals surface area (Å²) in [5.41, 5.74) is 0. The number of aliphatic hydroxyl groups excluding tert-OH is 5. The molecule has 0 saturated carbocycles. The monoisotopic (exact) mass is 247 g/mol. The number of aliphatic carboxylic acids is 1. The fourth-order valence-electron chi connectivity index (χ4n) is 0.668. The van der Waals surface area contributed by atoms with Gasteiger partial charge in [0.2, 0.25) is 0 Å². The van der Waals surface area contributed by atoms with E-state index in [2.05, 4.69) is 0 Å². The predicted octanol–water partition coefficient (Wildman–Crippen LogP) is -3.50. The molecule has 0 aliphatic heterocycles. The topological polar surface area (TPSA) is 138 Å². The second kappa shape index (κ2) is 7.19. The molecule has 14 heavy (non-hydrogen) atoms. The van der Waals surface area contributed by atoms with Crippen LogP contribution in [0.3, 0.4) is 0 Å². The minimum Gasteiger partial charge on any atom is -0.479 e. The average molecular weight is 247 g/mol. The first-order valence-electron chi connectivity index (χ1n) is 3.47. The van der Waals surface area contributed by atoms with E-state index >= 15 is 0 Å².